The zero-order valence-electron chi connectivity index (χ0n) is 11.6. The summed E-state index contributed by atoms with van der Waals surface area (Å²) in [5.74, 6) is -1.53. The molecular weight excluding hydrogens is 250 g/mol. The van der Waals surface area contributed by atoms with Crippen molar-refractivity contribution in [3.05, 3.63) is 0 Å². The molecule has 0 fully saturated rings. The Kier molecular flexibility index (Phi) is 7.55. The van der Waals surface area contributed by atoms with Crippen molar-refractivity contribution in [2.45, 2.75) is 52.1 Å². The number of urea groups is 1. The summed E-state index contributed by atoms with van der Waals surface area (Å²) in [5, 5.41) is 13.7. The van der Waals surface area contributed by atoms with Crippen LogP contribution in [0.3, 0.4) is 0 Å². The number of hydrogen-bond donors (Lipinski definition) is 4. The first-order chi connectivity index (χ1) is 8.72. The van der Waals surface area contributed by atoms with Crippen LogP contribution in [0.1, 0.15) is 40.0 Å². The number of amides is 3. The van der Waals surface area contributed by atoms with Crippen LogP contribution in [0, 0.1) is 5.92 Å². The van der Waals surface area contributed by atoms with E-state index in [4.69, 9.17) is 10.8 Å². The summed E-state index contributed by atoms with van der Waals surface area (Å²) in [4.78, 5) is 33.1. The summed E-state index contributed by atoms with van der Waals surface area (Å²) >= 11 is 0. The molecule has 19 heavy (non-hydrogen) atoms. The van der Waals surface area contributed by atoms with Crippen LogP contribution >= 0.6 is 0 Å². The predicted molar refractivity (Wildman–Crippen MR) is 70.4 cm³/mol. The van der Waals surface area contributed by atoms with Crippen LogP contribution in [0.4, 0.5) is 4.79 Å². The topological polar surface area (TPSA) is 122 Å². The summed E-state index contributed by atoms with van der Waals surface area (Å²) in [7, 11) is 0. The maximum atomic E-state index is 11.6. The number of nitrogens with two attached hydrogens (primary N) is 1. The largest absolute Gasteiger partial charge is 0.480 e. The second kappa shape index (κ2) is 8.34. The van der Waals surface area contributed by atoms with Gasteiger partial charge in [-0.3, -0.25) is 4.79 Å². The fourth-order valence-electron chi connectivity index (χ4n) is 1.48. The lowest BCUT2D eigenvalue weighted by Gasteiger charge is -2.18. The van der Waals surface area contributed by atoms with Crippen LogP contribution in [0.2, 0.25) is 0 Å². The molecular formula is C12H23N3O4. The average molecular weight is 273 g/mol. The van der Waals surface area contributed by atoms with E-state index in [0.29, 0.717) is 5.92 Å². The molecule has 0 aliphatic rings. The van der Waals surface area contributed by atoms with E-state index in [-0.39, 0.29) is 6.04 Å². The lowest BCUT2D eigenvalue weighted by molar-refractivity contribution is -0.140. The van der Waals surface area contributed by atoms with Gasteiger partial charge in [0, 0.05) is 6.04 Å². The van der Waals surface area contributed by atoms with Gasteiger partial charge in [0.05, 0.1) is 6.42 Å². The van der Waals surface area contributed by atoms with E-state index >= 15 is 0 Å². The third kappa shape index (κ3) is 8.87. The normalized spacial score (nSPS) is 13.7. The first-order valence-corrected chi connectivity index (χ1v) is 6.30. The Labute approximate surface area is 112 Å². The van der Waals surface area contributed by atoms with Gasteiger partial charge in [0.2, 0.25) is 5.91 Å². The summed E-state index contributed by atoms with van der Waals surface area (Å²) in [6.07, 6.45) is 1.34. The number of carbonyl (C=O) groups is 3. The number of primary amides is 1. The highest BCUT2D eigenvalue weighted by atomic mass is 16.4. The molecule has 110 valence electrons. The van der Waals surface area contributed by atoms with Crippen molar-refractivity contribution in [1.29, 1.82) is 0 Å². The van der Waals surface area contributed by atoms with Gasteiger partial charge in [-0.2, -0.15) is 0 Å². The third-order valence-electron chi connectivity index (χ3n) is 2.56. The molecule has 2 atom stereocenters. The van der Waals surface area contributed by atoms with Gasteiger partial charge in [-0.25, -0.2) is 9.59 Å². The zero-order valence-corrected chi connectivity index (χ0v) is 11.6. The zero-order chi connectivity index (χ0) is 15.0. The second-order valence-corrected chi connectivity index (χ2v) is 5.05. The van der Waals surface area contributed by atoms with Crippen molar-refractivity contribution in [2.24, 2.45) is 11.7 Å². The molecule has 7 heteroatoms. The van der Waals surface area contributed by atoms with Crippen LogP contribution < -0.4 is 16.4 Å². The number of carboxylic acids is 1. The molecule has 0 rings (SSSR count). The Bertz CT molecular complexity index is 331. The Morgan fingerprint density at radius 1 is 1.11 bits per heavy atom. The molecule has 0 saturated heterocycles. The minimum Gasteiger partial charge on any atom is -0.480 e. The second-order valence-electron chi connectivity index (χ2n) is 5.05. The first-order valence-electron chi connectivity index (χ1n) is 6.30. The predicted octanol–water partition coefficient (Wildman–Crippen LogP) is 0.439. The fourth-order valence-corrected chi connectivity index (χ4v) is 1.48. The maximum absolute atomic E-state index is 11.6. The average Bonchev–Trinajstić information content (AvgIpc) is 2.24. The van der Waals surface area contributed by atoms with E-state index in [9.17, 15) is 14.4 Å². The van der Waals surface area contributed by atoms with Gasteiger partial charge in [-0.1, -0.05) is 13.8 Å². The number of rotatable bonds is 8. The molecule has 0 heterocycles. The number of aliphatic carboxylic acids is 1. The van der Waals surface area contributed by atoms with Crippen molar-refractivity contribution in [1.82, 2.24) is 10.6 Å². The van der Waals surface area contributed by atoms with Crippen LogP contribution in [0.5, 0.6) is 0 Å². The summed E-state index contributed by atoms with van der Waals surface area (Å²) in [6.45, 7) is 6.01. The highest BCUT2D eigenvalue weighted by Gasteiger charge is 2.22. The van der Waals surface area contributed by atoms with Gasteiger partial charge in [-0.15, -0.1) is 0 Å². The fraction of sp³-hybridized carbons (Fsp3) is 0.750. The van der Waals surface area contributed by atoms with Gasteiger partial charge >= 0.3 is 12.0 Å². The summed E-state index contributed by atoms with van der Waals surface area (Å²) < 4.78 is 0. The van der Waals surface area contributed by atoms with Crippen LogP contribution in [0.25, 0.3) is 0 Å². The van der Waals surface area contributed by atoms with E-state index < -0.39 is 30.4 Å². The molecule has 5 N–H and O–H groups in total. The molecule has 0 aliphatic heterocycles. The third-order valence-corrected chi connectivity index (χ3v) is 2.56. The number of carboxylic acid groups (broad SMARTS) is 1. The van der Waals surface area contributed by atoms with Crippen LogP contribution in [0.15, 0.2) is 0 Å². The molecule has 0 bridgehead atoms. The molecule has 0 aromatic heterocycles. The monoisotopic (exact) mass is 273 g/mol. The number of hydrogen-bond acceptors (Lipinski definition) is 3. The maximum Gasteiger partial charge on any atom is 0.326 e. The number of carbonyl (C=O) groups excluding carboxylic acids is 2. The van der Waals surface area contributed by atoms with Gasteiger partial charge in [-0.05, 0) is 25.7 Å². The molecule has 0 aliphatic carbocycles. The van der Waals surface area contributed by atoms with Crippen molar-refractivity contribution >= 4 is 17.9 Å². The Morgan fingerprint density at radius 3 is 2.11 bits per heavy atom. The standard InChI is InChI=1S/C12H23N3O4/c1-7(2)4-5-8(3)14-12(19)15-9(11(17)18)6-10(13)16/h7-9H,4-6H2,1-3H3,(H2,13,16)(H,17,18)(H2,14,15,19). The van der Waals surface area contributed by atoms with Crippen molar-refractivity contribution in [2.75, 3.05) is 0 Å². The Morgan fingerprint density at radius 2 is 1.68 bits per heavy atom. The molecule has 0 saturated carbocycles. The molecule has 0 aromatic carbocycles. The van der Waals surface area contributed by atoms with Crippen molar-refractivity contribution in [3.63, 3.8) is 0 Å². The van der Waals surface area contributed by atoms with Gasteiger partial charge < -0.3 is 21.5 Å². The summed E-state index contributed by atoms with van der Waals surface area (Å²) in [6, 6.07) is -1.97. The van der Waals surface area contributed by atoms with Crippen molar-refractivity contribution in [3.8, 4) is 0 Å². The minimum absolute atomic E-state index is 0.0644. The highest BCUT2D eigenvalue weighted by molar-refractivity contribution is 5.87. The molecule has 0 radical (unpaired) electrons. The molecule has 0 aromatic rings. The lowest BCUT2D eigenvalue weighted by atomic mass is 10.0. The smallest absolute Gasteiger partial charge is 0.326 e. The lowest BCUT2D eigenvalue weighted by Crippen LogP contribution is -2.49. The quantitative estimate of drug-likeness (QED) is 0.512. The van der Waals surface area contributed by atoms with Crippen LogP contribution in [-0.2, 0) is 9.59 Å². The molecule has 7 nitrogen and oxygen atoms in total. The summed E-state index contributed by atoms with van der Waals surface area (Å²) in [5.41, 5.74) is 4.92. The minimum atomic E-state index is -1.30. The first kappa shape index (κ1) is 17.2. The van der Waals surface area contributed by atoms with Crippen LogP contribution in [-0.4, -0.2) is 35.1 Å². The SMILES string of the molecule is CC(C)CCC(C)NC(=O)NC(CC(N)=O)C(=O)O. The Hall–Kier alpha value is -1.79. The van der Waals surface area contributed by atoms with E-state index in [1.165, 1.54) is 0 Å². The van der Waals surface area contributed by atoms with E-state index in [1.807, 2.05) is 6.92 Å². The Balaban J connectivity index is 4.18. The molecule has 3 amide bonds. The van der Waals surface area contributed by atoms with E-state index in [2.05, 4.69) is 24.5 Å². The van der Waals surface area contributed by atoms with Gasteiger partial charge in [0.1, 0.15) is 6.04 Å². The van der Waals surface area contributed by atoms with Gasteiger partial charge in [0.25, 0.3) is 0 Å². The van der Waals surface area contributed by atoms with E-state index in [0.717, 1.165) is 12.8 Å². The number of nitrogens with one attached hydrogen (secondary N) is 2. The highest BCUT2D eigenvalue weighted by Crippen LogP contribution is 2.06. The molecule has 0 spiro atoms. The van der Waals surface area contributed by atoms with Crippen molar-refractivity contribution < 1.29 is 19.5 Å². The van der Waals surface area contributed by atoms with Gasteiger partial charge in [0.15, 0.2) is 0 Å². The van der Waals surface area contributed by atoms with E-state index in [1.54, 1.807) is 0 Å². The molecule has 2 unspecified atom stereocenters.